The Balaban J connectivity index is 1.59. The van der Waals surface area contributed by atoms with E-state index in [1.165, 1.54) is 51.7 Å². The summed E-state index contributed by atoms with van der Waals surface area (Å²) in [7, 11) is 0. The normalized spacial score (nSPS) is 30.7. The van der Waals surface area contributed by atoms with Gasteiger partial charge in [0.05, 0.1) is 4.99 Å². The maximum absolute atomic E-state index is 5.48. The minimum absolute atomic E-state index is 0.674. The lowest BCUT2D eigenvalue weighted by atomic mass is 10.0. The summed E-state index contributed by atoms with van der Waals surface area (Å²) in [5.74, 6) is 2.06. The van der Waals surface area contributed by atoms with Gasteiger partial charge >= 0.3 is 0 Å². The van der Waals surface area contributed by atoms with Gasteiger partial charge in [0.25, 0.3) is 0 Å². The van der Waals surface area contributed by atoms with Gasteiger partial charge in [0.1, 0.15) is 0 Å². The molecule has 3 heteroatoms. The predicted molar refractivity (Wildman–Crippen MR) is 67.9 cm³/mol. The van der Waals surface area contributed by atoms with Crippen molar-refractivity contribution in [1.82, 2.24) is 4.90 Å². The minimum atomic E-state index is 0.674. The summed E-state index contributed by atoms with van der Waals surface area (Å²) in [5.41, 5.74) is 5.48. The van der Waals surface area contributed by atoms with E-state index in [4.69, 9.17) is 18.0 Å². The second-order valence-electron chi connectivity index (χ2n) is 5.13. The molecule has 1 saturated heterocycles. The van der Waals surface area contributed by atoms with E-state index in [9.17, 15) is 0 Å². The average Bonchev–Trinajstić information content (AvgIpc) is 2.71. The van der Waals surface area contributed by atoms with Crippen molar-refractivity contribution in [3.8, 4) is 0 Å². The van der Waals surface area contributed by atoms with Crippen LogP contribution >= 0.6 is 12.2 Å². The number of fused-ring (bicyclic) bond motifs is 1. The van der Waals surface area contributed by atoms with Crippen molar-refractivity contribution in [2.75, 3.05) is 19.6 Å². The molecule has 0 amide bonds. The number of hydrogen-bond donors (Lipinski definition) is 1. The molecule has 0 aromatic rings. The third kappa shape index (κ3) is 3.15. The summed E-state index contributed by atoms with van der Waals surface area (Å²) >= 11 is 4.87. The molecular weight excluding hydrogens is 204 g/mol. The lowest BCUT2D eigenvalue weighted by Crippen LogP contribution is -2.23. The molecule has 0 spiro atoms. The van der Waals surface area contributed by atoms with Crippen molar-refractivity contribution in [3.63, 3.8) is 0 Å². The Bertz CT molecular complexity index is 218. The maximum atomic E-state index is 5.48. The summed E-state index contributed by atoms with van der Waals surface area (Å²) in [5, 5.41) is 0. The Kier molecular flexibility index (Phi) is 3.98. The molecule has 2 unspecified atom stereocenters. The zero-order valence-corrected chi connectivity index (χ0v) is 10.3. The van der Waals surface area contributed by atoms with E-state index in [0.717, 1.165) is 18.3 Å². The highest BCUT2D eigenvalue weighted by Gasteiger charge is 2.35. The average molecular weight is 226 g/mol. The largest absolute Gasteiger partial charge is 0.393 e. The number of nitrogens with two attached hydrogens (primary N) is 1. The van der Waals surface area contributed by atoms with Crippen LogP contribution in [0.15, 0.2) is 0 Å². The summed E-state index contributed by atoms with van der Waals surface area (Å²) in [6.45, 7) is 3.98. The van der Waals surface area contributed by atoms with Gasteiger partial charge in [0.15, 0.2) is 0 Å². The molecule has 0 aromatic heterocycles. The molecule has 86 valence electrons. The van der Waals surface area contributed by atoms with Crippen LogP contribution in [-0.2, 0) is 0 Å². The first-order valence-corrected chi connectivity index (χ1v) is 6.67. The molecule has 1 aliphatic carbocycles. The molecule has 2 rings (SSSR count). The molecule has 1 heterocycles. The molecular formula is C12H22N2S. The second-order valence-corrected chi connectivity index (χ2v) is 5.66. The summed E-state index contributed by atoms with van der Waals surface area (Å²) in [4.78, 5) is 3.32. The minimum Gasteiger partial charge on any atom is -0.393 e. The van der Waals surface area contributed by atoms with Crippen molar-refractivity contribution < 1.29 is 0 Å². The molecule has 1 saturated carbocycles. The number of thiocarbonyl (C=S) groups is 1. The number of nitrogens with zero attached hydrogens (tertiary/aromatic N) is 1. The third-order valence-electron chi connectivity index (χ3n) is 3.95. The van der Waals surface area contributed by atoms with Gasteiger partial charge in [-0.2, -0.15) is 0 Å². The highest BCUT2D eigenvalue weighted by molar-refractivity contribution is 7.80. The number of unbranched alkanes of at least 4 members (excludes halogenated alkanes) is 1. The standard InChI is InChI=1S/C12H22N2S/c13-12(15)6-1-2-7-14-8-10-4-3-5-11(10)9-14/h10-11H,1-9H2,(H2,13,15). The molecule has 0 radical (unpaired) electrons. The monoisotopic (exact) mass is 226 g/mol. The van der Waals surface area contributed by atoms with Crippen LogP contribution in [0.2, 0.25) is 0 Å². The van der Waals surface area contributed by atoms with Crippen molar-refractivity contribution in [1.29, 1.82) is 0 Å². The first-order chi connectivity index (χ1) is 7.25. The zero-order valence-electron chi connectivity index (χ0n) is 9.45. The van der Waals surface area contributed by atoms with E-state index in [1.807, 2.05) is 0 Å². The Hall–Kier alpha value is -0.150. The molecule has 1 aliphatic heterocycles. The summed E-state index contributed by atoms with van der Waals surface area (Å²) in [6, 6.07) is 0. The smallest absolute Gasteiger partial charge is 0.0727 e. The maximum Gasteiger partial charge on any atom is 0.0727 e. The summed E-state index contributed by atoms with van der Waals surface area (Å²) in [6.07, 6.45) is 7.79. The van der Waals surface area contributed by atoms with Crippen LogP contribution in [0.1, 0.15) is 38.5 Å². The molecule has 15 heavy (non-hydrogen) atoms. The molecule has 0 aromatic carbocycles. The van der Waals surface area contributed by atoms with Gasteiger partial charge in [-0.05, 0) is 50.5 Å². The SMILES string of the molecule is NC(=S)CCCCN1CC2CCCC2C1. The lowest BCUT2D eigenvalue weighted by molar-refractivity contribution is 0.305. The van der Waals surface area contributed by atoms with Gasteiger partial charge in [-0.1, -0.05) is 18.6 Å². The highest BCUT2D eigenvalue weighted by atomic mass is 32.1. The molecule has 2 atom stereocenters. The fourth-order valence-electron chi connectivity index (χ4n) is 3.15. The van der Waals surface area contributed by atoms with Gasteiger partial charge < -0.3 is 10.6 Å². The number of hydrogen-bond acceptors (Lipinski definition) is 2. The van der Waals surface area contributed by atoms with Gasteiger partial charge in [-0.25, -0.2) is 0 Å². The Morgan fingerprint density at radius 2 is 1.87 bits per heavy atom. The topological polar surface area (TPSA) is 29.3 Å². The van der Waals surface area contributed by atoms with Crippen molar-refractivity contribution in [2.24, 2.45) is 17.6 Å². The van der Waals surface area contributed by atoms with Crippen LogP contribution in [0.4, 0.5) is 0 Å². The van der Waals surface area contributed by atoms with Crippen molar-refractivity contribution in [2.45, 2.75) is 38.5 Å². The van der Waals surface area contributed by atoms with Crippen LogP contribution in [-0.4, -0.2) is 29.5 Å². The fraction of sp³-hybridized carbons (Fsp3) is 0.917. The fourth-order valence-corrected chi connectivity index (χ4v) is 3.29. The van der Waals surface area contributed by atoms with E-state index in [0.29, 0.717) is 4.99 Å². The van der Waals surface area contributed by atoms with Gasteiger partial charge in [0, 0.05) is 13.1 Å². The van der Waals surface area contributed by atoms with Crippen LogP contribution in [0, 0.1) is 11.8 Å². The van der Waals surface area contributed by atoms with Crippen LogP contribution < -0.4 is 5.73 Å². The van der Waals surface area contributed by atoms with Gasteiger partial charge in [0.2, 0.25) is 0 Å². The number of rotatable bonds is 5. The zero-order chi connectivity index (χ0) is 10.7. The molecule has 2 nitrogen and oxygen atoms in total. The van der Waals surface area contributed by atoms with E-state index in [1.54, 1.807) is 0 Å². The molecule has 2 N–H and O–H groups in total. The van der Waals surface area contributed by atoms with E-state index < -0.39 is 0 Å². The molecule has 0 bridgehead atoms. The predicted octanol–water partition coefficient (Wildman–Crippen LogP) is 2.17. The second kappa shape index (κ2) is 5.26. The first kappa shape index (κ1) is 11.3. The molecule has 2 aliphatic rings. The van der Waals surface area contributed by atoms with Gasteiger partial charge in [-0.15, -0.1) is 0 Å². The van der Waals surface area contributed by atoms with E-state index in [2.05, 4.69) is 4.90 Å². The quantitative estimate of drug-likeness (QED) is 0.575. The van der Waals surface area contributed by atoms with Gasteiger partial charge in [-0.3, -0.25) is 0 Å². The Morgan fingerprint density at radius 1 is 1.20 bits per heavy atom. The third-order valence-corrected chi connectivity index (χ3v) is 4.15. The summed E-state index contributed by atoms with van der Waals surface area (Å²) < 4.78 is 0. The van der Waals surface area contributed by atoms with Crippen LogP contribution in [0.3, 0.4) is 0 Å². The molecule has 2 fully saturated rings. The van der Waals surface area contributed by atoms with E-state index >= 15 is 0 Å². The Labute approximate surface area is 98.2 Å². The van der Waals surface area contributed by atoms with Crippen molar-refractivity contribution >= 4 is 17.2 Å². The number of likely N-dealkylation sites (tertiary alicyclic amines) is 1. The van der Waals surface area contributed by atoms with Crippen LogP contribution in [0.5, 0.6) is 0 Å². The Morgan fingerprint density at radius 3 is 2.47 bits per heavy atom. The van der Waals surface area contributed by atoms with E-state index in [-0.39, 0.29) is 0 Å². The lowest BCUT2D eigenvalue weighted by Gasteiger charge is -2.16. The van der Waals surface area contributed by atoms with Crippen LogP contribution in [0.25, 0.3) is 0 Å². The van der Waals surface area contributed by atoms with Crippen molar-refractivity contribution in [3.05, 3.63) is 0 Å². The highest BCUT2D eigenvalue weighted by Crippen LogP contribution is 2.37. The first-order valence-electron chi connectivity index (χ1n) is 6.26.